The van der Waals surface area contributed by atoms with Crippen molar-refractivity contribution in [1.82, 2.24) is 0 Å². The first-order valence-electron chi connectivity index (χ1n) is 2.44. The summed E-state index contributed by atoms with van der Waals surface area (Å²) < 4.78 is 22.4. The van der Waals surface area contributed by atoms with Gasteiger partial charge in [0.2, 0.25) is 0 Å². The molecule has 0 aliphatic rings. The predicted molar refractivity (Wildman–Crippen MR) is 31.6 cm³/mol. The Morgan fingerprint density at radius 2 is 2.38 bits per heavy atom. The summed E-state index contributed by atoms with van der Waals surface area (Å²) in [6.45, 7) is 3.63. The second-order valence-electron chi connectivity index (χ2n) is 1.53. The molecule has 0 aromatic rings. The van der Waals surface area contributed by atoms with E-state index in [4.69, 9.17) is 4.55 Å². The first-order valence-corrected chi connectivity index (χ1v) is 3.48. The van der Waals surface area contributed by atoms with E-state index in [2.05, 4.69) is 4.18 Å². The fourth-order valence-corrected chi connectivity index (χ4v) is 0.626. The predicted octanol–water partition coefficient (Wildman–Crippen LogP) is 0.938. The van der Waals surface area contributed by atoms with Gasteiger partial charge in [0.05, 0.1) is 6.10 Å². The molecule has 50 valence electrons. The highest BCUT2D eigenvalue weighted by Crippen LogP contribution is 1.95. The third-order valence-corrected chi connectivity index (χ3v) is 1.31. The molecule has 0 radical (unpaired) electrons. The number of rotatable bonds is 3. The Bertz CT molecular complexity index is 83.4. The molecule has 0 spiro atoms. The Morgan fingerprint density at radius 1 is 1.88 bits per heavy atom. The van der Waals surface area contributed by atoms with Crippen molar-refractivity contribution >= 4 is 11.4 Å². The van der Waals surface area contributed by atoms with Gasteiger partial charge in [-0.25, -0.2) is 0 Å². The van der Waals surface area contributed by atoms with Crippen molar-refractivity contribution < 1.29 is 12.9 Å². The smallest absolute Gasteiger partial charge is 0.284 e. The van der Waals surface area contributed by atoms with E-state index in [-0.39, 0.29) is 6.10 Å². The van der Waals surface area contributed by atoms with Crippen LogP contribution in [0.1, 0.15) is 20.3 Å². The van der Waals surface area contributed by atoms with E-state index in [9.17, 15) is 4.21 Å². The van der Waals surface area contributed by atoms with Gasteiger partial charge in [0.25, 0.3) is 0 Å². The van der Waals surface area contributed by atoms with E-state index in [1.54, 1.807) is 6.92 Å². The van der Waals surface area contributed by atoms with Gasteiger partial charge in [-0.1, -0.05) is 6.92 Å². The van der Waals surface area contributed by atoms with Crippen LogP contribution in [0.4, 0.5) is 0 Å². The van der Waals surface area contributed by atoms with Crippen molar-refractivity contribution in [1.29, 1.82) is 0 Å². The van der Waals surface area contributed by atoms with Gasteiger partial charge in [0.15, 0.2) is 0 Å². The highest BCUT2D eigenvalue weighted by molar-refractivity contribution is 7.74. The molecule has 0 aliphatic heterocycles. The maximum Gasteiger partial charge on any atom is 0.302 e. The molecule has 0 saturated carbocycles. The van der Waals surface area contributed by atoms with Crippen LogP contribution in [-0.4, -0.2) is 14.9 Å². The SMILES string of the molecule is CC[C@@H](C)OS(=O)O. The molecule has 0 amide bonds. The molecule has 0 saturated heterocycles. The van der Waals surface area contributed by atoms with Gasteiger partial charge in [-0.15, -0.1) is 0 Å². The van der Waals surface area contributed by atoms with Gasteiger partial charge >= 0.3 is 11.4 Å². The van der Waals surface area contributed by atoms with Gasteiger partial charge in [0, 0.05) is 0 Å². The van der Waals surface area contributed by atoms with Crippen LogP contribution in [0.3, 0.4) is 0 Å². The zero-order valence-corrected chi connectivity index (χ0v) is 5.77. The molecular formula is C4H10O3S. The molecule has 0 aromatic carbocycles. The van der Waals surface area contributed by atoms with Crippen LogP contribution in [0.5, 0.6) is 0 Å². The highest BCUT2D eigenvalue weighted by Gasteiger charge is 2.00. The van der Waals surface area contributed by atoms with E-state index in [1.165, 1.54) is 0 Å². The zero-order chi connectivity index (χ0) is 6.57. The van der Waals surface area contributed by atoms with Crippen molar-refractivity contribution in [3.05, 3.63) is 0 Å². The van der Waals surface area contributed by atoms with Crippen molar-refractivity contribution in [3.8, 4) is 0 Å². The van der Waals surface area contributed by atoms with Crippen molar-refractivity contribution in [2.45, 2.75) is 26.4 Å². The fraction of sp³-hybridized carbons (Fsp3) is 1.00. The Morgan fingerprint density at radius 3 is 2.50 bits per heavy atom. The van der Waals surface area contributed by atoms with Gasteiger partial charge < -0.3 is 0 Å². The molecular weight excluding hydrogens is 128 g/mol. The van der Waals surface area contributed by atoms with Crippen LogP contribution in [0.2, 0.25) is 0 Å². The first kappa shape index (κ1) is 8.07. The van der Waals surface area contributed by atoms with Crippen molar-refractivity contribution in [2.24, 2.45) is 0 Å². The summed E-state index contributed by atoms with van der Waals surface area (Å²) in [4.78, 5) is 0. The molecule has 2 atom stereocenters. The summed E-state index contributed by atoms with van der Waals surface area (Å²) in [5.74, 6) is 0. The molecule has 0 heterocycles. The molecule has 4 heteroatoms. The Kier molecular flexibility index (Phi) is 4.03. The minimum atomic E-state index is -2.10. The van der Waals surface area contributed by atoms with E-state index in [1.807, 2.05) is 6.92 Å². The molecule has 0 fully saturated rings. The van der Waals surface area contributed by atoms with Crippen LogP contribution in [0.25, 0.3) is 0 Å². The van der Waals surface area contributed by atoms with Gasteiger partial charge in [-0.3, -0.25) is 8.74 Å². The van der Waals surface area contributed by atoms with Crippen LogP contribution in [0, 0.1) is 0 Å². The Labute approximate surface area is 51.5 Å². The number of hydrogen-bond acceptors (Lipinski definition) is 2. The molecule has 0 rings (SSSR count). The molecule has 0 bridgehead atoms. The molecule has 0 aromatic heterocycles. The fourth-order valence-electron chi connectivity index (χ4n) is 0.209. The van der Waals surface area contributed by atoms with E-state index in [0.29, 0.717) is 0 Å². The second-order valence-corrected chi connectivity index (χ2v) is 2.16. The summed E-state index contributed by atoms with van der Waals surface area (Å²) in [5, 5.41) is 0. The topological polar surface area (TPSA) is 46.5 Å². The minimum absolute atomic E-state index is 0.124. The maximum absolute atomic E-state index is 9.86. The normalized spacial score (nSPS) is 17.9. The van der Waals surface area contributed by atoms with Crippen LogP contribution in [-0.2, 0) is 15.5 Å². The van der Waals surface area contributed by atoms with Crippen LogP contribution in [0.15, 0.2) is 0 Å². The second kappa shape index (κ2) is 4.00. The molecule has 1 unspecified atom stereocenters. The van der Waals surface area contributed by atoms with E-state index in [0.717, 1.165) is 6.42 Å². The maximum atomic E-state index is 9.86. The molecule has 1 N–H and O–H groups in total. The average Bonchev–Trinajstić information content (AvgIpc) is 1.65. The van der Waals surface area contributed by atoms with E-state index < -0.39 is 11.4 Å². The third kappa shape index (κ3) is 4.23. The standard InChI is InChI=1S/C4H10O3S/c1-3-4(2)7-8(5)6/h4H,3H2,1-2H3,(H,5,6)/t4-/m1/s1. The lowest BCUT2D eigenvalue weighted by Gasteiger charge is -2.02. The van der Waals surface area contributed by atoms with Crippen molar-refractivity contribution in [2.75, 3.05) is 0 Å². The summed E-state index contributed by atoms with van der Waals surface area (Å²) in [5.41, 5.74) is 0. The summed E-state index contributed by atoms with van der Waals surface area (Å²) in [6.07, 6.45) is 0.632. The number of hydrogen-bond donors (Lipinski definition) is 1. The zero-order valence-electron chi connectivity index (χ0n) is 4.96. The Balaban J connectivity index is 3.24. The van der Waals surface area contributed by atoms with Crippen LogP contribution < -0.4 is 0 Å². The van der Waals surface area contributed by atoms with Gasteiger partial charge in [-0.2, -0.15) is 4.21 Å². The van der Waals surface area contributed by atoms with Gasteiger partial charge in [-0.05, 0) is 13.3 Å². The third-order valence-electron chi connectivity index (χ3n) is 0.821. The van der Waals surface area contributed by atoms with E-state index >= 15 is 0 Å². The average molecular weight is 138 g/mol. The summed E-state index contributed by atoms with van der Waals surface area (Å²) >= 11 is -2.10. The monoisotopic (exact) mass is 138 g/mol. The molecule has 0 aliphatic carbocycles. The minimum Gasteiger partial charge on any atom is -0.284 e. The lowest BCUT2D eigenvalue weighted by atomic mass is 10.3. The van der Waals surface area contributed by atoms with Crippen molar-refractivity contribution in [3.63, 3.8) is 0 Å². The van der Waals surface area contributed by atoms with Gasteiger partial charge in [0.1, 0.15) is 0 Å². The first-order chi connectivity index (χ1) is 3.66. The van der Waals surface area contributed by atoms with Crippen LogP contribution >= 0.6 is 0 Å². The summed E-state index contributed by atoms with van der Waals surface area (Å²) in [6, 6.07) is 0. The molecule has 8 heavy (non-hydrogen) atoms. The lowest BCUT2D eigenvalue weighted by Crippen LogP contribution is -2.07. The quantitative estimate of drug-likeness (QED) is 0.590. The highest BCUT2D eigenvalue weighted by atomic mass is 32.2. The molecule has 3 nitrogen and oxygen atoms in total. The summed E-state index contributed by atoms with van der Waals surface area (Å²) in [7, 11) is 0. The Hall–Kier alpha value is 0.0700. The lowest BCUT2D eigenvalue weighted by molar-refractivity contribution is 0.218. The largest absolute Gasteiger partial charge is 0.302 e.